The minimum atomic E-state index is -2.38. The van der Waals surface area contributed by atoms with E-state index in [9.17, 15) is 31.5 Å². The zero-order valence-corrected chi connectivity index (χ0v) is 14.9. The Morgan fingerprint density at radius 3 is 1.93 bits per heavy atom. The second-order valence-electron chi connectivity index (χ2n) is 6.92. The van der Waals surface area contributed by atoms with Gasteiger partial charge in [-0.3, -0.25) is 4.79 Å². The number of hydrogen-bond acceptors (Lipinski definition) is 5. The molecule has 2 atom stereocenters. The Balaban J connectivity index is 2.37. The van der Waals surface area contributed by atoms with Gasteiger partial charge in [0.1, 0.15) is 0 Å². The lowest BCUT2D eigenvalue weighted by Crippen LogP contribution is -2.37. The topological polar surface area (TPSA) is 61.8 Å². The number of carbonyl (C=O) groups is 2. The molecule has 0 radical (unpaired) electrons. The van der Waals surface area contributed by atoms with E-state index < -0.39 is 64.6 Å². The Hall–Kier alpha value is -2.23. The number of cyclic esters (lactones) is 1. The predicted molar refractivity (Wildman–Crippen MR) is 79.9 cm³/mol. The van der Waals surface area contributed by atoms with Gasteiger partial charge in [-0.1, -0.05) is 13.8 Å². The van der Waals surface area contributed by atoms with Crippen LogP contribution in [0.2, 0.25) is 0 Å². The molecule has 150 valence electrons. The molecule has 1 heterocycles. The van der Waals surface area contributed by atoms with Crippen LogP contribution in [0.5, 0.6) is 5.75 Å². The maximum absolute atomic E-state index is 13.7. The first-order valence-electron chi connectivity index (χ1n) is 7.99. The molecule has 0 aromatic heterocycles. The van der Waals surface area contributed by atoms with E-state index in [-0.39, 0.29) is 12.3 Å². The van der Waals surface area contributed by atoms with Crippen molar-refractivity contribution in [3.63, 3.8) is 0 Å². The molecule has 1 aromatic rings. The number of esters is 2. The van der Waals surface area contributed by atoms with Crippen LogP contribution in [-0.2, 0) is 19.1 Å². The zero-order valence-electron chi connectivity index (χ0n) is 14.9. The molecule has 27 heavy (non-hydrogen) atoms. The van der Waals surface area contributed by atoms with E-state index in [1.54, 1.807) is 13.8 Å². The SMILES string of the molecule is CC(C)CC(C(=O)Oc1c(F)c(F)c(F)c(F)c1F)[C@@H]1OC(C)(C)OC1=O. The first-order valence-corrected chi connectivity index (χ1v) is 7.99. The van der Waals surface area contributed by atoms with Crippen LogP contribution in [0.15, 0.2) is 0 Å². The molecule has 1 aromatic carbocycles. The molecule has 1 aliphatic rings. The van der Waals surface area contributed by atoms with E-state index in [0.29, 0.717) is 0 Å². The molecule has 0 saturated carbocycles. The molecule has 0 spiro atoms. The summed E-state index contributed by atoms with van der Waals surface area (Å²) in [6, 6.07) is 0. The molecule has 1 unspecified atom stereocenters. The van der Waals surface area contributed by atoms with Crippen LogP contribution in [0.1, 0.15) is 34.1 Å². The fourth-order valence-electron chi connectivity index (χ4n) is 2.63. The van der Waals surface area contributed by atoms with Gasteiger partial charge < -0.3 is 14.2 Å². The summed E-state index contributed by atoms with van der Waals surface area (Å²) in [5.74, 6) is -18.4. The molecule has 0 aliphatic carbocycles. The molecule has 1 aliphatic heterocycles. The van der Waals surface area contributed by atoms with Crippen LogP contribution >= 0.6 is 0 Å². The van der Waals surface area contributed by atoms with E-state index in [1.165, 1.54) is 13.8 Å². The van der Waals surface area contributed by atoms with Gasteiger partial charge in [0.2, 0.25) is 40.6 Å². The summed E-state index contributed by atoms with van der Waals surface area (Å²) in [7, 11) is 0. The number of benzene rings is 1. The molecular formula is C17H17F5O5. The highest BCUT2D eigenvalue weighted by Crippen LogP contribution is 2.34. The second-order valence-corrected chi connectivity index (χ2v) is 6.92. The summed E-state index contributed by atoms with van der Waals surface area (Å²) < 4.78 is 81.9. The molecule has 1 saturated heterocycles. The maximum Gasteiger partial charge on any atom is 0.338 e. The highest BCUT2D eigenvalue weighted by atomic mass is 19.2. The van der Waals surface area contributed by atoms with E-state index in [4.69, 9.17) is 9.47 Å². The number of rotatable bonds is 5. The van der Waals surface area contributed by atoms with Crippen LogP contribution in [0.4, 0.5) is 22.0 Å². The molecule has 10 heteroatoms. The van der Waals surface area contributed by atoms with Gasteiger partial charge in [-0.15, -0.1) is 0 Å². The third-order valence-electron chi connectivity index (χ3n) is 3.76. The fourth-order valence-corrected chi connectivity index (χ4v) is 2.63. The highest BCUT2D eigenvalue weighted by Gasteiger charge is 2.48. The third kappa shape index (κ3) is 4.20. The van der Waals surface area contributed by atoms with Crippen molar-refractivity contribution in [3.8, 4) is 5.75 Å². The van der Waals surface area contributed by atoms with Crippen molar-refractivity contribution < 1.29 is 45.8 Å². The Morgan fingerprint density at radius 1 is 1.04 bits per heavy atom. The van der Waals surface area contributed by atoms with Gasteiger partial charge in [0.15, 0.2) is 6.10 Å². The fraction of sp³-hybridized carbons (Fsp3) is 0.529. The van der Waals surface area contributed by atoms with Crippen molar-refractivity contribution in [2.75, 3.05) is 0 Å². The Labute approximate surface area is 151 Å². The van der Waals surface area contributed by atoms with Gasteiger partial charge in [-0.25, -0.2) is 18.0 Å². The van der Waals surface area contributed by atoms with Gasteiger partial charge in [0.05, 0.1) is 5.92 Å². The standard InChI is InChI=1S/C17H17F5O5/c1-6(2)5-7(13-16(24)27-17(3,4)26-13)15(23)25-14-11(21)9(19)8(18)10(20)12(14)22/h6-7,13H,5H2,1-4H3/t7?,13-/m0/s1. The van der Waals surface area contributed by atoms with E-state index in [1.807, 2.05) is 0 Å². The van der Waals surface area contributed by atoms with Crippen molar-refractivity contribution in [2.24, 2.45) is 11.8 Å². The minimum absolute atomic E-state index is 0.0237. The number of halogens is 5. The first kappa shape index (κ1) is 21.1. The molecule has 0 bridgehead atoms. The van der Waals surface area contributed by atoms with Crippen LogP contribution in [0.3, 0.4) is 0 Å². The molecule has 0 amide bonds. The monoisotopic (exact) mass is 396 g/mol. The lowest BCUT2D eigenvalue weighted by Gasteiger charge is -2.22. The van der Waals surface area contributed by atoms with E-state index >= 15 is 0 Å². The summed E-state index contributed by atoms with van der Waals surface area (Å²) in [4.78, 5) is 24.4. The summed E-state index contributed by atoms with van der Waals surface area (Å²) in [5, 5.41) is 0. The molecule has 5 nitrogen and oxygen atoms in total. The van der Waals surface area contributed by atoms with Crippen molar-refractivity contribution in [3.05, 3.63) is 29.1 Å². The first-order chi connectivity index (χ1) is 12.4. The number of hydrogen-bond donors (Lipinski definition) is 0. The van der Waals surface area contributed by atoms with Gasteiger partial charge >= 0.3 is 11.9 Å². The van der Waals surface area contributed by atoms with Crippen LogP contribution in [0, 0.1) is 40.9 Å². The summed E-state index contributed by atoms with van der Waals surface area (Å²) in [6.07, 6.45) is -1.47. The average molecular weight is 396 g/mol. The largest absolute Gasteiger partial charge is 0.432 e. The summed E-state index contributed by atoms with van der Waals surface area (Å²) >= 11 is 0. The van der Waals surface area contributed by atoms with Crippen molar-refractivity contribution >= 4 is 11.9 Å². The van der Waals surface area contributed by atoms with Crippen LogP contribution < -0.4 is 4.74 Å². The molecular weight excluding hydrogens is 379 g/mol. The zero-order chi connectivity index (χ0) is 20.7. The number of carbonyl (C=O) groups excluding carboxylic acids is 2. The molecule has 1 fully saturated rings. The maximum atomic E-state index is 13.7. The Bertz CT molecular complexity index is 748. The van der Waals surface area contributed by atoms with Crippen molar-refractivity contribution in [2.45, 2.75) is 46.0 Å². The van der Waals surface area contributed by atoms with Crippen LogP contribution in [0.25, 0.3) is 0 Å². The minimum Gasteiger partial charge on any atom is -0.432 e. The lowest BCUT2D eigenvalue weighted by atomic mass is 9.92. The molecule has 0 N–H and O–H groups in total. The Kier molecular flexibility index (Phi) is 5.79. The highest BCUT2D eigenvalue weighted by molar-refractivity contribution is 5.86. The van der Waals surface area contributed by atoms with Gasteiger partial charge in [-0.2, -0.15) is 8.78 Å². The van der Waals surface area contributed by atoms with Crippen molar-refractivity contribution in [1.29, 1.82) is 0 Å². The second kappa shape index (κ2) is 7.41. The van der Waals surface area contributed by atoms with Gasteiger partial charge in [0.25, 0.3) is 0 Å². The molecule has 2 rings (SSSR count). The third-order valence-corrected chi connectivity index (χ3v) is 3.76. The van der Waals surface area contributed by atoms with Crippen LogP contribution in [-0.4, -0.2) is 23.8 Å². The van der Waals surface area contributed by atoms with E-state index in [0.717, 1.165) is 0 Å². The normalized spacial score (nSPS) is 19.9. The quantitative estimate of drug-likeness (QED) is 0.250. The Morgan fingerprint density at radius 2 is 1.52 bits per heavy atom. The summed E-state index contributed by atoms with van der Waals surface area (Å²) in [5.41, 5.74) is 0. The van der Waals surface area contributed by atoms with Gasteiger partial charge in [0, 0.05) is 13.8 Å². The van der Waals surface area contributed by atoms with E-state index in [2.05, 4.69) is 4.74 Å². The summed E-state index contributed by atoms with van der Waals surface area (Å²) in [6.45, 7) is 6.19. The van der Waals surface area contributed by atoms with Gasteiger partial charge in [-0.05, 0) is 12.3 Å². The average Bonchev–Trinajstić information content (AvgIpc) is 2.85. The smallest absolute Gasteiger partial charge is 0.338 e. The lowest BCUT2D eigenvalue weighted by molar-refractivity contribution is -0.163. The number of ether oxygens (including phenoxy) is 3. The predicted octanol–water partition coefficient (Wildman–Crippen LogP) is 3.63. The van der Waals surface area contributed by atoms with Crippen molar-refractivity contribution in [1.82, 2.24) is 0 Å².